The van der Waals surface area contributed by atoms with Crippen molar-refractivity contribution in [3.8, 4) is 22.9 Å². The lowest BCUT2D eigenvalue weighted by molar-refractivity contribution is -0.0230. The molecule has 136 valence electrons. The fourth-order valence-electron chi connectivity index (χ4n) is 1.68. The van der Waals surface area contributed by atoms with Gasteiger partial charge in [-0.2, -0.15) is 0 Å². The van der Waals surface area contributed by atoms with E-state index >= 15 is 0 Å². The Morgan fingerprint density at radius 2 is 2.16 bits per heavy atom. The number of hydrogen-bond acceptors (Lipinski definition) is 6. The van der Waals surface area contributed by atoms with E-state index < -0.39 is 12.5 Å². The van der Waals surface area contributed by atoms with Crippen LogP contribution in [0.25, 0.3) is 11.4 Å². The van der Waals surface area contributed by atoms with Crippen LogP contribution in [0.1, 0.15) is 13.8 Å². The summed E-state index contributed by atoms with van der Waals surface area (Å²) in [4.78, 5) is 18.6. The number of hydrogen-bond donors (Lipinski definition) is 1. The van der Waals surface area contributed by atoms with Crippen molar-refractivity contribution in [1.82, 2.24) is 9.97 Å². The van der Waals surface area contributed by atoms with E-state index in [4.69, 9.17) is 13.1 Å². The fourth-order valence-corrected chi connectivity index (χ4v) is 2.33. The number of nitrogens with one attached hydrogen (secondary N) is 1. The van der Waals surface area contributed by atoms with Crippen molar-refractivity contribution in [2.75, 3.05) is 13.2 Å². The van der Waals surface area contributed by atoms with E-state index in [1.54, 1.807) is 6.92 Å². The molecule has 0 fully saturated rings. The van der Waals surface area contributed by atoms with Crippen LogP contribution in [-0.4, -0.2) is 29.1 Å². The molecule has 0 aliphatic heterocycles. The van der Waals surface area contributed by atoms with Gasteiger partial charge in [0.15, 0.2) is 12.4 Å². The second-order valence-electron chi connectivity index (χ2n) is 4.98. The van der Waals surface area contributed by atoms with E-state index in [0.717, 1.165) is 19.2 Å². The first-order valence-corrected chi connectivity index (χ1v) is 8.62. The van der Waals surface area contributed by atoms with Crippen molar-refractivity contribution in [1.29, 1.82) is 0 Å². The summed E-state index contributed by atoms with van der Waals surface area (Å²) in [5.41, 5.74) is 0.344. The number of aromatic nitrogens is 2. The van der Waals surface area contributed by atoms with E-state index in [9.17, 15) is 13.6 Å². The molecule has 0 spiro atoms. The molecule has 0 saturated carbocycles. The fraction of sp³-hybridized carbons (Fsp3) is 0.333. The zero-order valence-corrected chi connectivity index (χ0v) is 15.7. The lowest BCUT2D eigenvalue weighted by Crippen LogP contribution is -2.20. The molecule has 0 radical (unpaired) electrons. The monoisotopic (exact) mass is 436 g/mol. The first kappa shape index (κ1) is 19.7. The van der Waals surface area contributed by atoms with Gasteiger partial charge in [-0.15, -0.1) is 0 Å². The Kier molecular flexibility index (Phi) is 6.79. The highest BCUT2D eigenvalue weighted by Gasteiger charge is 2.22. The quantitative estimate of drug-likeness (QED) is 0.493. The van der Waals surface area contributed by atoms with Crippen molar-refractivity contribution in [3.05, 3.63) is 39.2 Å². The summed E-state index contributed by atoms with van der Waals surface area (Å²) in [5, 5.41) is 0. The number of alkyl halides is 2. The molecule has 0 bridgehead atoms. The molecule has 0 aliphatic carbocycles. The Labute approximate surface area is 155 Å². The van der Waals surface area contributed by atoms with Crippen LogP contribution in [0.4, 0.5) is 8.78 Å². The maximum atomic E-state index is 12.8. The van der Waals surface area contributed by atoms with Gasteiger partial charge >= 0.3 is 0 Å². The number of pyridine rings is 2. The van der Waals surface area contributed by atoms with E-state index in [2.05, 4.69) is 25.9 Å². The molecule has 0 amide bonds. The molecular formula is C15H15BrF2N2O4S. The van der Waals surface area contributed by atoms with E-state index in [-0.39, 0.29) is 15.8 Å². The molecule has 1 N–H and O–H groups in total. The maximum absolute atomic E-state index is 12.8. The highest BCUT2D eigenvalue weighted by atomic mass is 79.9. The second-order valence-corrected chi connectivity index (χ2v) is 6.37. The molecule has 10 heteroatoms. The smallest absolute Gasteiger partial charge is 0.278 e. The zero-order valence-electron chi connectivity index (χ0n) is 13.3. The van der Waals surface area contributed by atoms with E-state index in [1.807, 2.05) is 0 Å². The van der Waals surface area contributed by atoms with Gasteiger partial charge in [-0.3, -0.25) is 14.0 Å². The summed E-state index contributed by atoms with van der Waals surface area (Å²) in [6.45, 7) is 2.26. The van der Waals surface area contributed by atoms with Crippen molar-refractivity contribution >= 4 is 28.3 Å². The van der Waals surface area contributed by atoms with Crippen molar-refractivity contribution in [3.63, 3.8) is 0 Å². The Morgan fingerprint density at radius 3 is 2.76 bits per heavy atom. The maximum Gasteiger partial charge on any atom is 0.278 e. The minimum atomic E-state index is -2.94. The molecule has 2 aromatic heterocycles. The molecule has 2 heterocycles. The largest absolute Gasteiger partial charge is 0.486 e. The Morgan fingerprint density at radius 1 is 1.40 bits per heavy atom. The average molecular weight is 437 g/mol. The molecule has 0 atom stereocenters. The predicted molar refractivity (Wildman–Crippen MR) is 94.0 cm³/mol. The molecule has 2 rings (SSSR count). The van der Waals surface area contributed by atoms with Crippen LogP contribution in [0.2, 0.25) is 0 Å². The van der Waals surface area contributed by atoms with Gasteiger partial charge < -0.3 is 13.9 Å². The van der Waals surface area contributed by atoms with E-state index in [1.165, 1.54) is 24.4 Å². The average Bonchev–Trinajstić information content (AvgIpc) is 2.56. The number of H-pyrrole nitrogens is 1. The van der Waals surface area contributed by atoms with Gasteiger partial charge in [0.25, 0.3) is 11.5 Å². The number of aromatic amines is 1. The minimum Gasteiger partial charge on any atom is -0.486 e. The van der Waals surface area contributed by atoms with Gasteiger partial charge in [-0.25, -0.2) is 8.78 Å². The standard InChI is InChI=1S/C15H15BrF2N2O4S/c1-3-23-25-24-12-6-10(16)14(21)20-13(12)11-5-4-9(7-19-11)22-8-15(2,17)18/h4-7H,3,8H2,1-2H3,(H,20,21). The Hall–Kier alpha value is -1.65. The summed E-state index contributed by atoms with van der Waals surface area (Å²) in [7, 11) is 0. The highest BCUT2D eigenvalue weighted by Crippen LogP contribution is 2.31. The van der Waals surface area contributed by atoms with Gasteiger partial charge in [0, 0.05) is 13.0 Å². The van der Waals surface area contributed by atoms with Gasteiger partial charge in [0.2, 0.25) is 12.3 Å². The van der Waals surface area contributed by atoms with Gasteiger partial charge in [0.05, 0.1) is 23.0 Å². The molecule has 0 unspecified atom stereocenters. The molecule has 0 aromatic carbocycles. The van der Waals surface area contributed by atoms with Gasteiger partial charge in [0.1, 0.15) is 11.4 Å². The summed E-state index contributed by atoms with van der Waals surface area (Å²) < 4.78 is 41.4. The summed E-state index contributed by atoms with van der Waals surface area (Å²) in [5.74, 6) is -2.42. The Balaban J connectivity index is 2.24. The number of ether oxygens (including phenoxy) is 1. The zero-order chi connectivity index (χ0) is 18.4. The first-order valence-electron chi connectivity index (χ1n) is 7.16. The van der Waals surface area contributed by atoms with Gasteiger partial charge in [-0.1, -0.05) is 0 Å². The molecular weight excluding hydrogens is 422 g/mol. The second kappa shape index (κ2) is 8.63. The van der Waals surface area contributed by atoms with Gasteiger partial charge in [-0.05, 0) is 35.0 Å². The van der Waals surface area contributed by atoms with Crippen molar-refractivity contribution in [2.24, 2.45) is 0 Å². The lowest BCUT2D eigenvalue weighted by atomic mass is 10.2. The lowest BCUT2D eigenvalue weighted by Gasteiger charge is -2.12. The van der Waals surface area contributed by atoms with Crippen molar-refractivity contribution in [2.45, 2.75) is 19.8 Å². The summed E-state index contributed by atoms with van der Waals surface area (Å²) in [6.07, 6.45) is 1.29. The number of halogens is 3. The van der Waals surface area contributed by atoms with Crippen molar-refractivity contribution < 1.29 is 21.9 Å². The van der Waals surface area contributed by atoms with Crippen LogP contribution in [0.5, 0.6) is 11.5 Å². The van der Waals surface area contributed by atoms with Crippen LogP contribution in [0, 0.1) is 0 Å². The Bertz CT molecular complexity index is 766. The molecule has 25 heavy (non-hydrogen) atoms. The normalized spacial score (nSPS) is 11.4. The SMILES string of the molecule is CCOSOc1cc(Br)c(=O)[nH]c1-c1ccc(OCC(C)(F)F)cn1. The summed E-state index contributed by atoms with van der Waals surface area (Å²) in [6, 6.07) is 4.50. The molecule has 2 aromatic rings. The van der Waals surface area contributed by atoms with E-state index in [0.29, 0.717) is 23.7 Å². The third-order valence-corrected chi connectivity index (χ3v) is 3.90. The number of rotatable bonds is 8. The van der Waals surface area contributed by atoms with Crippen LogP contribution in [0.3, 0.4) is 0 Å². The highest BCUT2D eigenvalue weighted by molar-refractivity contribution is 9.10. The minimum absolute atomic E-state index is 0.191. The molecule has 6 nitrogen and oxygen atoms in total. The number of nitrogens with zero attached hydrogens (tertiary/aromatic N) is 1. The first-order chi connectivity index (χ1) is 11.8. The molecule has 0 saturated heterocycles. The topological polar surface area (TPSA) is 73.4 Å². The molecule has 0 aliphatic rings. The summed E-state index contributed by atoms with van der Waals surface area (Å²) >= 11 is 3.89. The van der Waals surface area contributed by atoms with Crippen LogP contribution in [0.15, 0.2) is 33.7 Å². The van der Waals surface area contributed by atoms with Crippen LogP contribution >= 0.6 is 28.3 Å². The third kappa shape index (κ3) is 5.98. The predicted octanol–water partition coefficient (Wildman–Crippen LogP) is 4.21. The van der Waals surface area contributed by atoms with Crippen LogP contribution in [-0.2, 0) is 4.18 Å². The third-order valence-electron chi connectivity index (χ3n) is 2.73. The van der Waals surface area contributed by atoms with Crippen LogP contribution < -0.4 is 14.5 Å².